The average Bonchev–Trinajstić information content (AvgIpc) is 2.82. The van der Waals surface area contributed by atoms with Gasteiger partial charge in [-0.15, -0.1) is 10.2 Å². The summed E-state index contributed by atoms with van der Waals surface area (Å²) in [5.74, 6) is 0.883. The van der Waals surface area contributed by atoms with Crippen LogP contribution in [0.25, 0.3) is 11.3 Å². The standard InChI is InChI=1S/C22H21N3O5S/c1-28-16-8-10-19(29-2)17(12-16)18-9-11-21(25-24-18)31-13-20(26)23-15-6-4-14(5-7-15)22(27)30-3/h4-12H,13H2,1-3H3,(H,23,26). The lowest BCUT2D eigenvalue weighted by Gasteiger charge is -2.10. The number of carbonyl (C=O) groups excluding carboxylic acids is 2. The fourth-order valence-corrected chi connectivity index (χ4v) is 3.31. The van der Waals surface area contributed by atoms with Crippen LogP contribution in [0.3, 0.4) is 0 Å². The Labute approximate surface area is 183 Å². The number of hydrogen-bond acceptors (Lipinski definition) is 8. The van der Waals surface area contributed by atoms with Crippen LogP contribution in [0.1, 0.15) is 10.4 Å². The van der Waals surface area contributed by atoms with Crippen molar-refractivity contribution in [3.8, 4) is 22.8 Å². The second kappa shape index (κ2) is 10.4. The summed E-state index contributed by atoms with van der Waals surface area (Å²) in [5.41, 5.74) is 2.40. The Morgan fingerprint density at radius 2 is 1.71 bits per heavy atom. The number of aromatic nitrogens is 2. The average molecular weight is 439 g/mol. The van der Waals surface area contributed by atoms with Crippen LogP contribution in [0.2, 0.25) is 0 Å². The van der Waals surface area contributed by atoms with Crippen molar-refractivity contribution in [2.45, 2.75) is 5.03 Å². The van der Waals surface area contributed by atoms with Gasteiger partial charge in [0.15, 0.2) is 0 Å². The Morgan fingerprint density at radius 3 is 2.32 bits per heavy atom. The molecule has 0 aliphatic carbocycles. The van der Waals surface area contributed by atoms with Gasteiger partial charge in [0.25, 0.3) is 0 Å². The number of rotatable bonds is 8. The van der Waals surface area contributed by atoms with Crippen LogP contribution >= 0.6 is 11.8 Å². The highest BCUT2D eigenvalue weighted by molar-refractivity contribution is 7.99. The molecule has 0 bridgehead atoms. The number of hydrogen-bond donors (Lipinski definition) is 1. The van der Waals surface area contributed by atoms with Crippen molar-refractivity contribution in [2.24, 2.45) is 0 Å². The summed E-state index contributed by atoms with van der Waals surface area (Å²) >= 11 is 1.27. The molecule has 8 nitrogen and oxygen atoms in total. The minimum atomic E-state index is -0.429. The fourth-order valence-electron chi connectivity index (χ4n) is 2.70. The molecule has 3 aromatic rings. The van der Waals surface area contributed by atoms with E-state index in [9.17, 15) is 9.59 Å². The zero-order chi connectivity index (χ0) is 22.2. The number of esters is 1. The molecular formula is C22H21N3O5S. The molecule has 9 heteroatoms. The number of benzene rings is 2. The molecule has 160 valence electrons. The van der Waals surface area contributed by atoms with Crippen LogP contribution in [0.15, 0.2) is 59.6 Å². The van der Waals surface area contributed by atoms with E-state index in [1.807, 2.05) is 18.2 Å². The van der Waals surface area contributed by atoms with Gasteiger partial charge in [-0.3, -0.25) is 4.79 Å². The van der Waals surface area contributed by atoms with E-state index < -0.39 is 5.97 Å². The summed E-state index contributed by atoms with van der Waals surface area (Å²) in [7, 11) is 4.50. The Hall–Kier alpha value is -3.59. The molecule has 0 atom stereocenters. The maximum atomic E-state index is 12.2. The first-order valence-electron chi connectivity index (χ1n) is 9.21. The van der Waals surface area contributed by atoms with E-state index in [0.29, 0.717) is 33.5 Å². The highest BCUT2D eigenvalue weighted by atomic mass is 32.2. The van der Waals surface area contributed by atoms with Crippen molar-refractivity contribution in [1.29, 1.82) is 0 Å². The molecule has 0 saturated carbocycles. The third kappa shape index (κ3) is 5.73. The molecule has 0 fully saturated rings. The Bertz CT molecular complexity index is 1060. The molecule has 1 N–H and O–H groups in total. The van der Waals surface area contributed by atoms with Gasteiger partial charge in [0.2, 0.25) is 5.91 Å². The lowest BCUT2D eigenvalue weighted by atomic mass is 10.1. The lowest BCUT2D eigenvalue weighted by molar-refractivity contribution is -0.113. The van der Waals surface area contributed by atoms with E-state index in [4.69, 9.17) is 9.47 Å². The number of nitrogens with zero attached hydrogens (tertiary/aromatic N) is 2. The molecule has 2 aromatic carbocycles. The van der Waals surface area contributed by atoms with Crippen LogP contribution in [-0.4, -0.2) is 49.2 Å². The highest BCUT2D eigenvalue weighted by Gasteiger charge is 2.11. The Balaban J connectivity index is 1.59. The second-order valence-corrected chi connectivity index (χ2v) is 7.22. The lowest BCUT2D eigenvalue weighted by Crippen LogP contribution is -2.14. The van der Waals surface area contributed by atoms with Crippen LogP contribution in [0, 0.1) is 0 Å². The number of nitrogens with one attached hydrogen (secondary N) is 1. The van der Waals surface area contributed by atoms with E-state index >= 15 is 0 Å². The van der Waals surface area contributed by atoms with Gasteiger partial charge < -0.3 is 19.5 Å². The molecule has 0 unspecified atom stereocenters. The molecule has 0 aliphatic rings. The first-order chi connectivity index (χ1) is 15.0. The van der Waals surface area contributed by atoms with Gasteiger partial charge in [-0.05, 0) is 54.6 Å². The zero-order valence-corrected chi connectivity index (χ0v) is 18.1. The van der Waals surface area contributed by atoms with E-state index in [2.05, 4.69) is 20.3 Å². The van der Waals surface area contributed by atoms with E-state index in [1.165, 1.54) is 18.9 Å². The van der Waals surface area contributed by atoms with Crippen molar-refractivity contribution in [3.63, 3.8) is 0 Å². The topological polar surface area (TPSA) is 99.6 Å². The Kier molecular flexibility index (Phi) is 7.45. The first kappa shape index (κ1) is 22.1. The summed E-state index contributed by atoms with van der Waals surface area (Å²) in [6.45, 7) is 0. The van der Waals surface area contributed by atoms with Gasteiger partial charge in [0.05, 0.1) is 38.3 Å². The Morgan fingerprint density at radius 1 is 0.935 bits per heavy atom. The summed E-state index contributed by atoms with van der Waals surface area (Å²) < 4.78 is 15.3. The predicted octanol–water partition coefficient (Wildman–Crippen LogP) is 3.68. The van der Waals surface area contributed by atoms with E-state index in [-0.39, 0.29) is 11.7 Å². The van der Waals surface area contributed by atoms with Crippen molar-refractivity contribution >= 4 is 29.3 Å². The van der Waals surface area contributed by atoms with Crippen molar-refractivity contribution in [2.75, 3.05) is 32.4 Å². The minimum absolute atomic E-state index is 0.162. The number of methoxy groups -OCH3 is 3. The molecule has 1 heterocycles. The highest BCUT2D eigenvalue weighted by Crippen LogP contribution is 2.32. The summed E-state index contributed by atoms with van der Waals surface area (Å²) in [5, 5.41) is 11.8. The molecule has 1 aromatic heterocycles. The molecule has 0 aliphatic heterocycles. The molecule has 31 heavy (non-hydrogen) atoms. The van der Waals surface area contributed by atoms with Crippen LogP contribution in [0.5, 0.6) is 11.5 Å². The fraction of sp³-hybridized carbons (Fsp3) is 0.182. The number of anilines is 1. The maximum absolute atomic E-state index is 12.2. The summed E-state index contributed by atoms with van der Waals surface area (Å²) in [6, 6.07) is 15.5. The van der Waals surface area contributed by atoms with Crippen LogP contribution < -0.4 is 14.8 Å². The predicted molar refractivity (Wildman–Crippen MR) is 118 cm³/mol. The first-order valence-corrected chi connectivity index (χ1v) is 10.2. The van der Waals surface area contributed by atoms with Crippen LogP contribution in [-0.2, 0) is 9.53 Å². The normalized spacial score (nSPS) is 10.3. The smallest absolute Gasteiger partial charge is 0.337 e. The quantitative estimate of drug-likeness (QED) is 0.419. The molecular weight excluding hydrogens is 418 g/mol. The van der Waals surface area contributed by atoms with Gasteiger partial charge in [-0.1, -0.05) is 11.8 Å². The van der Waals surface area contributed by atoms with Gasteiger partial charge >= 0.3 is 5.97 Å². The number of carbonyl (C=O) groups is 2. The van der Waals surface area contributed by atoms with Crippen LogP contribution in [0.4, 0.5) is 5.69 Å². The van der Waals surface area contributed by atoms with Crippen molar-refractivity contribution < 1.29 is 23.8 Å². The SMILES string of the molecule is COC(=O)c1ccc(NC(=O)CSc2ccc(-c3cc(OC)ccc3OC)nn2)cc1. The number of thioether (sulfide) groups is 1. The molecule has 3 rings (SSSR count). The van der Waals surface area contributed by atoms with Gasteiger partial charge in [0, 0.05) is 11.3 Å². The third-order valence-corrected chi connectivity index (χ3v) is 5.18. The van der Waals surface area contributed by atoms with E-state index in [0.717, 1.165) is 5.56 Å². The number of ether oxygens (including phenoxy) is 3. The van der Waals surface area contributed by atoms with Gasteiger partial charge in [-0.2, -0.15) is 0 Å². The largest absolute Gasteiger partial charge is 0.497 e. The monoisotopic (exact) mass is 439 g/mol. The maximum Gasteiger partial charge on any atom is 0.337 e. The van der Waals surface area contributed by atoms with Gasteiger partial charge in [-0.25, -0.2) is 4.79 Å². The van der Waals surface area contributed by atoms with Crippen molar-refractivity contribution in [3.05, 3.63) is 60.2 Å². The molecule has 0 radical (unpaired) electrons. The number of amides is 1. The second-order valence-electron chi connectivity index (χ2n) is 6.23. The summed E-state index contributed by atoms with van der Waals surface area (Å²) in [6.07, 6.45) is 0. The summed E-state index contributed by atoms with van der Waals surface area (Å²) in [4.78, 5) is 23.7. The zero-order valence-electron chi connectivity index (χ0n) is 17.2. The molecule has 1 amide bonds. The van der Waals surface area contributed by atoms with E-state index in [1.54, 1.807) is 50.6 Å². The molecule has 0 saturated heterocycles. The molecule has 0 spiro atoms. The van der Waals surface area contributed by atoms with Gasteiger partial charge in [0.1, 0.15) is 16.5 Å². The third-order valence-electron chi connectivity index (χ3n) is 4.26. The minimum Gasteiger partial charge on any atom is -0.497 e. The van der Waals surface area contributed by atoms with Crippen molar-refractivity contribution in [1.82, 2.24) is 10.2 Å².